The van der Waals surface area contributed by atoms with E-state index >= 15 is 0 Å². The fraction of sp³-hybridized carbons (Fsp3) is 0.154. The number of aromatic nitrogens is 2. The van der Waals surface area contributed by atoms with Crippen molar-refractivity contribution in [2.45, 2.75) is 12.0 Å². The number of nitrogens with one attached hydrogen (secondary N) is 1. The second kappa shape index (κ2) is 6.22. The number of benzene rings is 1. The zero-order chi connectivity index (χ0) is 13.9. The molecule has 0 spiro atoms. The first-order valence-electron chi connectivity index (χ1n) is 5.49. The van der Waals surface area contributed by atoms with Gasteiger partial charge in [0.15, 0.2) is 0 Å². The van der Waals surface area contributed by atoms with Crippen molar-refractivity contribution >= 4 is 43.5 Å². The van der Waals surface area contributed by atoms with Gasteiger partial charge in [-0.1, -0.05) is 55.6 Å². The first-order valence-corrected chi connectivity index (χ1v) is 7.58. The van der Waals surface area contributed by atoms with Crippen molar-refractivity contribution in [3.63, 3.8) is 0 Å². The van der Waals surface area contributed by atoms with E-state index in [4.69, 9.17) is 11.6 Å². The van der Waals surface area contributed by atoms with Crippen molar-refractivity contribution in [1.29, 1.82) is 0 Å². The minimum atomic E-state index is -1.20. The Hall–Kier alpha value is -0.620. The number of rotatable bonds is 4. The smallest absolute Gasteiger partial charge is 0.128 e. The molecule has 19 heavy (non-hydrogen) atoms. The van der Waals surface area contributed by atoms with Gasteiger partial charge in [-0.25, -0.2) is 4.98 Å². The minimum Gasteiger partial charge on any atom is -0.379 e. The third-order valence-corrected chi connectivity index (χ3v) is 5.00. The molecule has 0 aliphatic carbocycles. The summed E-state index contributed by atoms with van der Waals surface area (Å²) in [4.78, 5) is 8.79. The molecule has 0 radical (unpaired) electrons. The zero-order valence-electron chi connectivity index (χ0n) is 9.78. The standard InChI is InChI=1S/C13H11Br2ClN2O/c14-8-11(15)13(19,7-12-17-5-6-18-12)9-1-3-10(16)4-2-9/h1-6,8,19H,7H2,(H,17,18). The van der Waals surface area contributed by atoms with Crippen LogP contribution in [0.4, 0.5) is 0 Å². The number of hydrogen-bond acceptors (Lipinski definition) is 2. The van der Waals surface area contributed by atoms with Gasteiger partial charge in [-0.05, 0) is 22.7 Å². The molecule has 0 aliphatic heterocycles. The Morgan fingerprint density at radius 2 is 2.11 bits per heavy atom. The van der Waals surface area contributed by atoms with E-state index in [0.717, 1.165) is 5.56 Å². The highest BCUT2D eigenvalue weighted by Gasteiger charge is 2.33. The summed E-state index contributed by atoms with van der Waals surface area (Å²) in [5.41, 5.74) is -0.470. The maximum absolute atomic E-state index is 11.0. The highest BCUT2D eigenvalue weighted by molar-refractivity contribution is 9.14. The molecule has 1 unspecified atom stereocenters. The number of aromatic amines is 1. The van der Waals surface area contributed by atoms with Gasteiger partial charge >= 0.3 is 0 Å². The van der Waals surface area contributed by atoms with Crippen molar-refractivity contribution in [3.8, 4) is 0 Å². The van der Waals surface area contributed by atoms with Gasteiger partial charge in [0.25, 0.3) is 0 Å². The van der Waals surface area contributed by atoms with Crippen LogP contribution in [-0.2, 0) is 12.0 Å². The van der Waals surface area contributed by atoms with Gasteiger partial charge in [0, 0.05) is 28.3 Å². The van der Waals surface area contributed by atoms with Crippen LogP contribution in [0.25, 0.3) is 0 Å². The number of nitrogens with zero attached hydrogens (tertiary/aromatic N) is 1. The van der Waals surface area contributed by atoms with Crippen LogP contribution in [-0.4, -0.2) is 15.1 Å². The monoisotopic (exact) mass is 404 g/mol. The Morgan fingerprint density at radius 3 is 2.63 bits per heavy atom. The van der Waals surface area contributed by atoms with Crippen molar-refractivity contribution in [3.05, 3.63) is 62.5 Å². The lowest BCUT2D eigenvalue weighted by atomic mass is 9.90. The predicted molar refractivity (Wildman–Crippen MR) is 83.6 cm³/mol. The van der Waals surface area contributed by atoms with Crippen molar-refractivity contribution in [1.82, 2.24) is 9.97 Å². The normalized spacial score (nSPS) is 15.3. The number of imidazole rings is 1. The van der Waals surface area contributed by atoms with E-state index in [1.54, 1.807) is 41.6 Å². The summed E-state index contributed by atoms with van der Waals surface area (Å²) >= 11 is 12.5. The lowest BCUT2D eigenvalue weighted by Crippen LogP contribution is -2.29. The largest absolute Gasteiger partial charge is 0.379 e. The maximum Gasteiger partial charge on any atom is 0.128 e. The minimum absolute atomic E-state index is 0.324. The van der Waals surface area contributed by atoms with Crippen LogP contribution in [0, 0.1) is 0 Å². The summed E-state index contributed by atoms with van der Waals surface area (Å²) < 4.78 is 0.610. The number of H-pyrrole nitrogens is 1. The van der Waals surface area contributed by atoms with E-state index in [0.29, 0.717) is 21.8 Å². The molecule has 0 fully saturated rings. The van der Waals surface area contributed by atoms with Gasteiger partial charge in [0.05, 0.1) is 0 Å². The van der Waals surface area contributed by atoms with Crippen molar-refractivity contribution in [2.75, 3.05) is 0 Å². The molecule has 6 heteroatoms. The third-order valence-electron chi connectivity index (χ3n) is 2.79. The van der Waals surface area contributed by atoms with E-state index in [-0.39, 0.29) is 0 Å². The molecule has 0 saturated carbocycles. The molecule has 2 rings (SSSR count). The molecule has 3 nitrogen and oxygen atoms in total. The van der Waals surface area contributed by atoms with Gasteiger partial charge < -0.3 is 10.1 Å². The SMILES string of the molecule is OC(Cc1ncc[nH]1)(C(Br)=CBr)c1ccc(Cl)cc1. The summed E-state index contributed by atoms with van der Waals surface area (Å²) in [7, 11) is 0. The third kappa shape index (κ3) is 3.28. The molecule has 1 aromatic heterocycles. The number of halogens is 3. The Kier molecular flexibility index (Phi) is 4.84. The molecule has 1 heterocycles. The van der Waals surface area contributed by atoms with Gasteiger partial charge in [-0.3, -0.25) is 0 Å². The fourth-order valence-corrected chi connectivity index (χ4v) is 2.65. The Balaban J connectivity index is 2.42. The number of aliphatic hydroxyl groups is 1. The van der Waals surface area contributed by atoms with Crippen LogP contribution in [0.5, 0.6) is 0 Å². The Morgan fingerprint density at radius 1 is 1.42 bits per heavy atom. The number of hydrogen-bond donors (Lipinski definition) is 2. The zero-order valence-corrected chi connectivity index (χ0v) is 13.7. The van der Waals surface area contributed by atoms with Crippen molar-refractivity contribution in [2.24, 2.45) is 0 Å². The van der Waals surface area contributed by atoms with Crippen molar-refractivity contribution < 1.29 is 5.11 Å². The highest BCUT2D eigenvalue weighted by atomic mass is 79.9. The van der Waals surface area contributed by atoms with Crippen LogP contribution < -0.4 is 0 Å². The molecule has 1 aromatic carbocycles. The lowest BCUT2D eigenvalue weighted by Gasteiger charge is -2.27. The first-order chi connectivity index (χ1) is 9.06. The Labute approximate surface area is 133 Å². The van der Waals surface area contributed by atoms with E-state index in [1.807, 2.05) is 0 Å². The molecule has 2 aromatic rings. The summed E-state index contributed by atoms with van der Waals surface area (Å²) in [5.74, 6) is 0.698. The molecule has 0 aliphatic rings. The maximum atomic E-state index is 11.0. The van der Waals surface area contributed by atoms with Crippen LogP contribution in [0.15, 0.2) is 46.1 Å². The van der Waals surface area contributed by atoms with Crippen LogP contribution in [0.1, 0.15) is 11.4 Å². The summed E-state index contributed by atoms with van der Waals surface area (Å²) in [5, 5.41) is 11.6. The molecule has 1 atom stereocenters. The van der Waals surface area contributed by atoms with Gasteiger partial charge in [0.1, 0.15) is 11.4 Å². The lowest BCUT2D eigenvalue weighted by molar-refractivity contribution is 0.0848. The molecule has 0 amide bonds. The van der Waals surface area contributed by atoms with Crippen LogP contribution in [0.3, 0.4) is 0 Å². The Bertz CT molecular complexity index is 569. The van der Waals surface area contributed by atoms with Crippen LogP contribution >= 0.6 is 43.5 Å². The van der Waals surface area contributed by atoms with Gasteiger partial charge in [-0.15, -0.1) is 0 Å². The highest BCUT2D eigenvalue weighted by Crippen LogP contribution is 2.37. The van der Waals surface area contributed by atoms with E-state index in [1.165, 1.54) is 0 Å². The van der Waals surface area contributed by atoms with Gasteiger partial charge in [-0.2, -0.15) is 0 Å². The molecule has 100 valence electrons. The average molecular weight is 407 g/mol. The molecule has 0 bridgehead atoms. The van der Waals surface area contributed by atoms with E-state index in [2.05, 4.69) is 41.8 Å². The molecule has 0 saturated heterocycles. The topological polar surface area (TPSA) is 48.9 Å². The second-order valence-corrected chi connectivity index (χ2v) is 5.79. The van der Waals surface area contributed by atoms with E-state index < -0.39 is 5.60 Å². The molecule has 2 N–H and O–H groups in total. The molecular weight excluding hydrogens is 395 g/mol. The first kappa shape index (κ1) is 14.8. The predicted octanol–water partition coefficient (Wildman–Crippen LogP) is 4.12. The quantitative estimate of drug-likeness (QED) is 0.802. The van der Waals surface area contributed by atoms with Crippen LogP contribution in [0.2, 0.25) is 5.02 Å². The average Bonchev–Trinajstić information content (AvgIpc) is 2.91. The fourth-order valence-electron chi connectivity index (χ4n) is 1.78. The second-order valence-electron chi connectivity index (χ2n) is 4.04. The van der Waals surface area contributed by atoms with Gasteiger partial charge in [0.2, 0.25) is 0 Å². The van der Waals surface area contributed by atoms with E-state index in [9.17, 15) is 5.11 Å². The summed E-state index contributed by atoms with van der Waals surface area (Å²) in [6.45, 7) is 0. The summed E-state index contributed by atoms with van der Waals surface area (Å²) in [6.07, 6.45) is 3.71. The summed E-state index contributed by atoms with van der Waals surface area (Å²) in [6, 6.07) is 7.09. The molecular formula is C13H11Br2ClN2O.